The van der Waals surface area contributed by atoms with Crippen molar-refractivity contribution < 1.29 is 10.2 Å². The number of thioether (sulfide) groups is 1. The zero-order chi connectivity index (χ0) is 10.7. The summed E-state index contributed by atoms with van der Waals surface area (Å²) >= 11 is 1.62. The van der Waals surface area contributed by atoms with E-state index in [1.807, 2.05) is 0 Å². The molecule has 1 rings (SSSR count). The molecule has 0 aromatic carbocycles. The molecule has 0 saturated carbocycles. The Labute approximate surface area is 88.8 Å². The van der Waals surface area contributed by atoms with E-state index < -0.39 is 0 Å². The van der Waals surface area contributed by atoms with Gasteiger partial charge < -0.3 is 10.2 Å². The van der Waals surface area contributed by atoms with E-state index in [1.165, 1.54) is 4.57 Å². The molecule has 14 heavy (non-hydrogen) atoms. The summed E-state index contributed by atoms with van der Waals surface area (Å²) in [5, 5.41) is 19.5. The van der Waals surface area contributed by atoms with Gasteiger partial charge in [0.25, 0.3) is 0 Å². The van der Waals surface area contributed by atoms with Gasteiger partial charge >= 0.3 is 0 Å². The lowest BCUT2D eigenvalue weighted by atomic mass is 10.3. The minimum atomic E-state index is 0.107. The minimum absolute atomic E-state index is 0.107. The number of hydrogen-bond donors (Lipinski definition) is 2. The minimum Gasteiger partial charge on any atom is -0.494 e. The summed E-state index contributed by atoms with van der Waals surface area (Å²) in [5.74, 6) is 0.260. The Morgan fingerprint density at radius 2 is 1.93 bits per heavy atom. The maximum atomic E-state index is 9.64. The molecule has 0 unspecified atom stereocenters. The van der Waals surface area contributed by atoms with Crippen molar-refractivity contribution in [3.05, 3.63) is 6.07 Å². The third-order valence-corrected chi connectivity index (χ3v) is 3.90. The number of rotatable bonds is 4. The van der Waals surface area contributed by atoms with Gasteiger partial charge in [0.15, 0.2) is 5.88 Å². The van der Waals surface area contributed by atoms with Gasteiger partial charge in [0, 0.05) is 18.4 Å². The van der Waals surface area contributed by atoms with E-state index in [-0.39, 0.29) is 11.8 Å². The van der Waals surface area contributed by atoms with E-state index in [0.717, 1.165) is 17.7 Å². The lowest BCUT2D eigenvalue weighted by Crippen LogP contribution is -1.96. The lowest BCUT2D eigenvalue weighted by Gasteiger charge is -2.10. The summed E-state index contributed by atoms with van der Waals surface area (Å²) in [5.41, 5.74) is 0. The summed E-state index contributed by atoms with van der Waals surface area (Å²) in [6, 6.07) is 1.61. The third kappa shape index (κ3) is 2.18. The van der Waals surface area contributed by atoms with E-state index >= 15 is 0 Å². The highest BCUT2D eigenvalue weighted by atomic mass is 32.2. The second-order valence-electron chi connectivity index (χ2n) is 3.31. The van der Waals surface area contributed by atoms with Crippen LogP contribution < -0.4 is 0 Å². The Bertz CT molecular complexity index is 305. The van der Waals surface area contributed by atoms with Crippen molar-refractivity contribution in [2.75, 3.05) is 0 Å². The van der Waals surface area contributed by atoms with Crippen LogP contribution in [0.3, 0.4) is 0 Å². The van der Waals surface area contributed by atoms with E-state index in [2.05, 4.69) is 13.8 Å². The van der Waals surface area contributed by atoms with Crippen LogP contribution in [0.4, 0.5) is 0 Å². The SMILES string of the molecule is CCC(CC)Sc1cc(O)n(C)c1O. The van der Waals surface area contributed by atoms with Gasteiger partial charge in [-0.1, -0.05) is 13.8 Å². The third-order valence-electron chi connectivity index (χ3n) is 2.35. The second kappa shape index (κ2) is 4.64. The fraction of sp³-hybridized carbons (Fsp3) is 0.600. The molecule has 0 atom stereocenters. The average molecular weight is 215 g/mol. The van der Waals surface area contributed by atoms with E-state index in [1.54, 1.807) is 24.9 Å². The molecule has 1 aromatic heterocycles. The summed E-state index contributed by atoms with van der Waals surface area (Å²) in [6.45, 7) is 4.25. The van der Waals surface area contributed by atoms with E-state index in [0.29, 0.717) is 5.25 Å². The first-order valence-electron chi connectivity index (χ1n) is 4.84. The maximum absolute atomic E-state index is 9.64. The Morgan fingerprint density at radius 3 is 2.29 bits per heavy atom. The predicted molar refractivity (Wildman–Crippen MR) is 59.0 cm³/mol. The molecule has 1 aromatic rings. The van der Waals surface area contributed by atoms with Crippen LogP contribution >= 0.6 is 11.8 Å². The molecule has 80 valence electrons. The Hall–Kier alpha value is -0.770. The van der Waals surface area contributed by atoms with Crippen LogP contribution in [0.2, 0.25) is 0 Å². The van der Waals surface area contributed by atoms with Crippen molar-refractivity contribution >= 4 is 11.8 Å². The Kier molecular flexibility index (Phi) is 3.75. The van der Waals surface area contributed by atoms with Crippen LogP contribution in [0.25, 0.3) is 0 Å². The standard InChI is InChI=1S/C10H17NO2S/c1-4-7(5-2)14-8-6-9(12)11(3)10(8)13/h6-7,12-13H,4-5H2,1-3H3. The zero-order valence-electron chi connectivity index (χ0n) is 8.82. The molecule has 3 nitrogen and oxygen atoms in total. The molecule has 4 heteroatoms. The molecule has 0 fully saturated rings. The molecule has 0 spiro atoms. The number of hydrogen-bond acceptors (Lipinski definition) is 3. The largest absolute Gasteiger partial charge is 0.494 e. The highest BCUT2D eigenvalue weighted by molar-refractivity contribution is 8.00. The van der Waals surface area contributed by atoms with Gasteiger partial charge in [-0.3, -0.25) is 4.57 Å². The first kappa shape index (κ1) is 11.3. The molecule has 1 heterocycles. The van der Waals surface area contributed by atoms with Gasteiger partial charge in [-0.05, 0) is 12.8 Å². The van der Waals surface area contributed by atoms with Gasteiger partial charge in [0.05, 0.1) is 4.90 Å². The van der Waals surface area contributed by atoms with Gasteiger partial charge in [0.1, 0.15) is 0 Å². The molecule has 0 aliphatic carbocycles. The van der Waals surface area contributed by atoms with Crippen molar-refractivity contribution in [1.82, 2.24) is 4.57 Å². The maximum Gasteiger partial charge on any atom is 0.207 e. The summed E-state index contributed by atoms with van der Waals surface area (Å²) in [4.78, 5) is 0.763. The van der Waals surface area contributed by atoms with Crippen LogP contribution in [-0.2, 0) is 7.05 Å². The van der Waals surface area contributed by atoms with Gasteiger partial charge in [-0.25, -0.2) is 0 Å². The molecule has 0 bridgehead atoms. The molecule has 0 amide bonds. The van der Waals surface area contributed by atoms with Crippen LogP contribution in [0, 0.1) is 0 Å². The summed E-state index contributed by atoms with van der Waals surface area (Å²) < 4.78 is 1.38. The average Bonchev–Trinajstić information content (AvgIpc) is 2.42. The first-order chi connectivity index (χ1) is 6.60. The van der Waals surface area contributed by atoms with Gasteiger partial charge in [-0.2, -0.15) is 0 Å². The van der Waals surface area contributed by atoms with Gasteiger partial charge in [-0.15, -0.1) is 11.8 Å². The highest BCUT2D eigenvalue weighted by Crippen LogP contribution is 2.38. The van der Waals surface area contributed by atoms with Crippen LogP contribution in [0.15, 0.2) is 11.0 Å². The fourth-order valence-corrected chi connectivity index (χ4v) is 2.38. The van der Waals surface area contributed by atoms with E-state index in [4.69, 9.17) is 0 Å². The van der Waals surface area contributed by atoms with Gasteiger partial charge in [0.2, 0.25) is 5.88 Å². The Morgan fingerprint density at radius 1 is 1.36 bits per heavy atom. The lowest BCUT2D eigenvalue weighted by molar-refractivity contribution is 0.383. The number of nitrogens with zero attached hydrogens (tertiary/aromatic N) is 1. The molecular formula is C10H17NO2S. The molecule has 0 saturated heterocycles. The van der Waals surface area contributed by atoms with Crippen LogP contribution in [0.1, 0.15) is 26.7 Å². The monoisotopic (exact) mass is 215 g/mol. The highest BCUT2D eigenvalue weighted by Gasteiger charge is 2.14. The predicted octanol–water partition coefficient (Wildman–Crippen LogP) is 2.72. The van der Waals surface area contributed by atoms with Crippen molar-refractivity contribution in [2.24, 2.45) is 7.05 Å². The number of aromatic nitrogens is 1. The topological polar surface area (TPSA) is 45.4 Å². The molecule has 0 aliphatic heterocycles. The van der Waals surface area contributed by atoms with Crippen LogP contribution in [-0.4, -0.2) is 20.0 Å². The molecular weight excluding hydrogens is 198 g/mol. The first-order valence-corrected chi connectivity index (χ1v) is 5.72. The second-order valence-corrected chi connectivity index (χ2v) is 4.65. The number of aromatic hydroxyl groups is 2. The quantitative estimate of drug-likeness (QED) is 0.759. The van der Waals surface area contributed by atoms with Crippen molar-refractivity contribution in [2.45, 2.75) is 36.8 Å². The molecule has 0 aliphatic rings. The van der Waals surface area contributed by atoms with Crippen LogP contribution in [0.5, 0.6) is 11.8 Å². The van der Waals surface area contributed by atoms with E-state index in [9.17, 15) is 10.2 Å². The summed E-state index contributed by atoms with van der Waals surface area (Å²) in [7, 11) is 1.64. The smallest absolute Gasteiger partial charge is 0.207 e. The fourth-order valence-electron chi connectivity index (χ4n) is 1.27. The van der Waals surface area contributed by atoms with Crippen molar-refractivity contribution in [3.8, 4) is 11.8 Å². The van der Waals surface area contributed by atoms with Crippen molar-refractivity contribution in [1.29, 1.82) is 0 Å². The zero-order valence-corrected chi connectivity index (χ0v) is 9.64. The normalized spacial score (nSPS) is 11.1. The summed E-state index contributed by atoms with van der Waals surface area (Å²) in [6.07, 6.45) is 2.13. The van der Waals surface area contributed by atoms with Crippen molar-refractivity contribution in [3.63, 3.8) is 0 Å². The molecule has 2 N–H and O–H groups in total. The Balaban J connectivity index is 2.81. The molecule has 0 radical (unpaired) electrons.